The Bertz CT molecular complexity index is 1020. The zero-order chi connectivity index (χ0) is 23.0. The van der Waals surface area contributed by atoms with Crippen LogP contribution < -0.4 is 14.8 Å². The number of ether oxygens (including phenoxy) is 3. The van der Waals surface area contributed by atoms with Crippen molar-refractivity contribution in [3.8, 4) is 11.5 Å². The fourth-order valence-corrected chi connectivity index (χ4v) is 5.03. The quantitative estimate of drug-likeness (QED) is 0.453. The van der Waals surface area contributed by atoms with Gasteiger partial charge in [0.1, 0.15) is 0 Å². The van der Waals surface area contributed by atoms with E-state index in [1.54, 1.807) is 12.1 Å². The number of benzene rings is 1. The number of fused-ring (bicyclic) bond motifs is 1. The number of hydrogen-bond acceptors (Lipinski definition) is 6. The minimum absolute atomic E-state index is 0.0197. The van der Waals surface area contributed by atoms with E-state index >= 15 is 0 Å². The molecule has 3 aliphatic rings. The molecule has 0 saturated heterocycles. The third-order valence-corrected chi connectivity index (χ3v) is 6.57. The fraction of sp³-hybridized carbons (Fsp3) is 0.520. The van der Waals surface area contributed by atoms with Crippen LogP contribution in [0.2, 0.25) is 5.02 Å². The molecule has 32 heavy (non-hydrogen) atoms. The van der Waals surface area contributed by atoms with E-state index < -0.39 is 11.9 Å². The van der Waals surface area contributed by atoms with E-state index in [9.17, 15) is 9.59 Å². The van der Waals surface area contributed by atoms with Gasteiger partial charge in [-0.3, -0.25) is 4.79 Å². The zero-order valence-electron chi connectivity index (χ0n) is 19.1. The summed E-state index contributed by atoms with van der Waals surface area (Å²) in [6, 6.07) is 3.48. The molecule has 2 heterocycles. The Balaban J connectivity index is 1.79. The van der Waals surface area contributed by atoms with Crippen molar-refractivity contribution in [3.63, 3.8) is 0 Å². The van der Waals surface area contributed by atoms with Gasteiger partial charge in [0.25, 0.3) is 0 Å². The monoisotopic (exact) mass is 459 g/mol. The van der Waals surface area contributed by atoms with Gasteiger partial charge >= 0.3 is 5.97 Å². The molecule has 2 aliphatic heterocycles. The first-order valence-electron chi connectivity index (χ1n) is 11.2. The molecular weight excluding hydrogens is 430 g/mol. The zero-order valence-corrected chi connectivity index (χ0v) is 19.9. The first-order chi connectivity index (χ1) is 15.2. The molecule has 0 unspecified atom stereocenters. The molecule has 0 bridgehead atoms. The number of carbonyl (C=O) groups excluding carboxylic acids is 2. The van der Waals surface area contributed by atoms with Crippen molar-refractivity contribution in [2.24, 2.45) is 5.41 Å². The van der Waals surface area contributed by atoms with Gasteiger partial charge in [0.15, 0.2) is 17.3 Å². The smallest absolute Gasteiger partial charge is 0.336 e. The molecule has 1 aromatic carbocycles. The van der Waals surface area contributed by atoms with E-state index in [0.29, 0.717) is 58.4 Å². The highest BCUT2D eigenvalue weighted by Crippen LogP contribution is 2.50. The Labute approximate surface area is 193 Å². The molecule has 4 rings (SSSR count). The molecular formula is C25H30ClNO5. The summed E-state index contributed by atoms with van der Waals surface area (Å²) in [7, 11) is 0. The lowest BCUT2D eigenvalue weighted by Gasteiger charge is -2.39. The Kier molecular flexibility index (Phi) is 6.26. The Morgan fingerprint density at radius 2 is 1.94 bits per heavy atom. The molecule has 0 spiro atoms. The molecule has 1 aromatic rings. The molecule has 0 saturated carbocycles. The second-order valence-corrected chi connectivity index (χ2v) is 9.91. The van der Waals surface area contributed by atoms with Crippen LogP contribution in [-0.4, -0.2) is 25.2 Å². The van der Waals surface area contributed by atoms with Crippen molar-refractivity contribution >= 4 is 23.4 Å². The number of unbranched alkanes of at least 4 members (excludes halogenated alkanes) is 2. The summed E-state index contributed by atoms with van der Waals surface area (Å²) in [5.74, 6) is 0.0974. The van der Waals surface area contributed by atoms with Gasteiger partial charge in [-0.05, 0) is 36.8 Å². The third kappa shape index (κ3) is 4.25. The Hall–Kier alpha value is -2.47. The molecule has 0 fully saturated rings. The van der Waals surface area contributed by atoms with Gasteiger partial charge in [-0.1, -0.05) is 45.2 Å². The maximum atomic E-state index is 13.4. The lowest BCUT2D eigenvalue weighted by Crippen LogP contribution is -2.38. The van der Waals surface area contributed by atoms with E-state index in [1.807, 2.05) is 6.92 Å². The number of ketones is 1. The highest BCUT2D eigenvalue weighted by atomic mass is 35.5. The number of dihydropyridines is 1. The van der Waals surface area contributed by atoms with E-state index in [0.717, 1.165) is 25.0 Å². The number of rotatable bonds is 6. The van der Waals surface area contributed by atoms with E-state index in [1.165, 1.54) is 0 Å². The predicted molar refractivity (Wildman–Crippen MR) is 122 cm³/mol. The summed E-state index contributed by atoms with van der Waals surface area (Å²) < 4.78 is 16.6. The highest BCUT2D eigenvalue weighted by molar-refractivity contribution is 6.32. The van der Waals surface area contributed by atoms with Crippen LogP contribution in [0, 0.1) is 5.41 Å². The van der Waals surface area contributed by atoms with Crippen LogP contribution in [0.25, 0.3) is 0 Å². The molecule has 1 atom stereocenters. The van der Waals surface area contributed by atoms with Crippen molar-refractivity contribution in [1.82, 2.24) is 5.32 Å². The largest absolute Gasteiger partial charge is 0.462 e. The van der Waals surface area contributed by atoms with Crippen LogP contribution in [0.4, 0.5) is 0 Å². The van der Waals surface area contributed by atoms with Gasteiger partial charge in [0, 0.05) is 40.4 Å². The van der Waals surface area contributed by atoms with Gasteiger partial charge in [-0.25, -0.2) is 4.79 Å². The standard InChI is InChI=1S/C25H30ClNO5/c1-5-6-7-8-30-24(29)21-14(2)27-17-11-25(3,4)12-18(28)23(17)22(21)15-9-19-20(10-16(15)26)32-13-31-19/h9-10,22,27H,5-8,11-13H2,1-4H3/t22-/m1/s1. The molecule has 0 radical (unpaired) electrons. The average Bonchev–Trinajstić information content (AvgIpc) is 3.15. The number of nitrogens with one attached hydrogen (secondary N) is 1. The average molecular weight is 460 g/mol. The Morgan fingerprint density at radius 3 is 2.66 bits per heavy atom. The summed E-state index contributed by atoms with van der Waals surface area (Å²) in [5, 5.41) is 3.77. The molecule has 172 valence electrons. The van der Waals surface area contributed by atoms with E-state index in [-0.39, 0.29) is 18.0 Å². The van der Waals surface area contributed by atoms with Crippen molar-refractivity contribution < 1.29 is 23.8 Å². The van der Waals surface area contributed by atoms with Crippen molar-refractivity contribution in [1.29, 1.82) is 0 Å². The number of allylic oxidation sites excluding steroid dienone is 3. The first-order valence-corrected chi connectivity index (χ1v) is 11.6. The normalized spacial score (nSPS) is 21.4. The van der Waals surface area contributed by atoms with Gasteiger partial charge < -0.3 is 19.5 Å². The molecule has 6 nitrogen and oxygen atoms in total. The van der Waals surface area contributed by atoms with Crippen LogP contribution in [-0.2, 0) is 14.3 Å². The highest BCUT2D eigenvalue weighted by Gasteiger charge is 2.44. The molecule has 7 heteroatoms. The van der Waals surface area contributed by atoms with Crippen LogP contribution >= 0.6 is 11.6 Å². The number of carbonyl (C=O) groups is 2. The van der Waals surface area contributed by atoms with Crippen molar-refractivity contribution in [2.75, 3.05) is 13.4 Å². The lowest BCUT2D eigenvalue weighted by molar-refractivity contribution is -0.139. The number of halogens is 1. The van der Waals surface area contributed by atoms with Crippen LogP contribution in [0.5, 0.6) is 11.5 Å². The van der Waals surface area contributed by atoms with Crippen LogP contribution in [0.1, 0.15) is 71.3 Å². The minimum atomic E-state index is -0.615. The van der Waals surface area contributed by atoms with Gasteiger partial charge in [-0.15, -0.1) is 0 Å². The maximum absolute atomic E-state index is 13.4. The predicted octanol–water partition coefficient (Wildman–Crippen LogP) is 5.41. The summed E-state index contributed by atoms with van der Waals surface area (Å²) in [4.78, 5) is 26.6. The first kappa shape index (κ1) is 22.7. The van der Waals surface area contributed by atoms with Gasteiger partial charge in [-0.2, -0.15) is 0 Å². The summed E-state index contributed by atoms with van der Waals surface area (Å²) in [6.07, 6.45) is 3.95. The van der Waals surface area contributed by atoms with Gasteiger partial charge in [0.05, 0.1) is 12.2 Å². The molecule has 0 amide bonds. The number of Topliss-reactive ketones (excluding diaryl/α,β-unsaturated/α-hetero) is 1. The van der Waals surface area contributed by atoms with E-state index in [2.05, 4.69) is 26.1 Å². The fourth-order valence-electron chi connectivity index (χ4n) is 4.77. The molecule has 1 aliphatic carbocycles. The third-order valence-electron chi connectivity index (χ3n) is 6.24. The number of esters is 1. The maximum Gasteiger partial charge on any atom is 0.336 e. The van der Waals surface area contributed by atoms with Crippen LogP contribution in [0.15, 0.2) is 34.7 Å². The lowest BCUT2D eigenvalue weighted by atomic mass is 9.68. The number of hydrogen-bond donors (Lipinski definition) is 1. The summed E-state index contributed by atoms with van der Waals surface area (Å²) in [5.41, 5.74) is 3.05. The summed E-state index contributed by atoms with van der Waals surface area (Å²) >= 11 is 6.67. The second-order valence-electron chi connectivity index (χ2n) is 9.50. The summed E-state index contributed by atoms with van der Waals surface area (Å²) in [6.45, 7) is 8.57. The Morgan fingerprint density at radius 1 is 1.22 bits per heavy atom. The molecule has 0 aromatic heterocycles. The van der Waals surface area contributed by atoms with E-state index in [4.69, 9.17) is 25.8 Å². The SMILES string of the molecule is CCCCCOC(=O)C1=C(C)NC2=C(C(=O)CC(C)(C)C2)[C@@H]1c1cc2c(cc1Cl)OCO2. The van der Waals surface area contributed by atoms with Gasteiger partial charge in [0.2, 0.25) is 6.79 Å². The topological polar surface area (TPSA) is 73.9 Å². The van der Waals surface area contributed by atoms with Crippen molar-refractivity contribution in [3.05, 3.63) is 45.3 Å². The van der Waals surface area contributed by atoms with Crippen molar-refractivity contribution in [2.45, 2.75) is 65.7 Å². The van der Waals surface area contributed by atoms with Crippen LogP contribution in [0.3, 0.4) is 0 Å². The minimum Gasteiger partial charge on any atom is -0.462 e. The molecule has 1 N–H and O–H groups in total. The second kappa shape index (κ2) is 8.81.